The van der Waals surface area contributed by atoms with E-state index >= 15 is 0 Å². The van der Waals surface area contributed by atoms with Crippen molar-refractivity contribution in [2.24, 2.45) is 11.8 Å². The number of rotatable bonds is 5. The third kappa shape index (κ3) is 3.56. The summed E-state index contributed by atoms with van der Waals surface area (Å²) in [5.41, 5.74) is 3.33. The molecule has 1 aromatic heterocycles. The van der Waals surface area contributed by atoms with E-state index in [9.17, 15) is 5.11 Å². The van der Waals surface area contributed by atoms with Crippen LogP contribution >= 0.6 is 0 Å². The van der Waals surface area contributed by atoms with E-state index in [1.54, 1.807) is 0 Å². The number of aliphatic hydroxyl groups excluding tert-OH is 1. The second kappa shape index (κ2) is 8.50. The SMILES string of the molecule is C=CC1C[N+]2(Cc3ccccc3)CCC1C[C@@H]2[C@H](O)c1ccnc2ccccc12.[Cl-]. The minimum atomic E-state index is -0.486. The van der Waals surface area contributed by atoms with Gasteiger partial charge in [-0.25, -0.2) is 0 Å². The zero-order valence-corrected chi connectivity index (χ0v) is 18.0. The summed E-state index contributed by atoms with van der Waals surface area (Å²) in [7, 11) is 0. The molecule has 3 fully saturated rings. The molecule has 0 radical (unpaired) electrons. The maximum Gasteiger partial charge on any atom is 0.131 e. The molecule has 2 aromatic carbocycles. The smallest absolute Gasteiger partial charge is 0.131 e. The Labute approximate surface area is 185 Å². The van der Waals surface area contributed by atoms with Gasteiger partial charge in [-0.1, -0.05) is 54.6 Å². The highest BCUT2D eigenvalue weighted by Gasteiger charge is 2.53. The van der Waals surface area contributed by atoms with Gasteiger partial charge >= 0.3 is 0 Å². The van der Waals surface area contributed by atoms with E-state index in [0.29, 0.717) is 11.8 Å². The summed E-state index contributed by atoms with van der Waals surface area (Å²) in [6.07, 6.45) is 5.79. The maximum absolute atomic E-state index is 11.7. The van der Waals surface area contributed by atoms with Gasteiger partial charge < -0.3 is 22.0 Å². The van der Waals surface area contributed by atoms with Gasteiger partial charge in [0.05, 0.1) is 18.6 Å². The summed E-state index contributed by atoms with van der Waals surface area (Å²) in [6, 6.07) is 21.2. The first kappa shape index (κ1) is 21.0. The number of benzene rings is 2. The largest absolute Gasteiger partial charge is 1.00 e. The van der Waals surface area contributed by atoms with E-state index in [1.165, 1.54) is 12.0 Å². The van der Waals surface area contributed by atoms with Gasteiger partial charge in [0, 0.05) is 35.9 Å². The van der Waals surface area contributed by atoms with Crippen LogP contribution in [0.15, 0.2) is 79.5 Å². The topological polar surface area (TPSA) is 33.1 Å². The number of fused-ring (bicyclic) bond motifs is 4. The van der Waals surface area contributed by atoms with Gasteiger partial charge in [0.2, 0.25) is 0 Å². The lowest BCUT2D eigenvalue weighted by molar-refractivity contribution is -0.984. The van der Waals surface area contributed by atoms with Gasteiger partial charge in [-0.15, -0.1) is 6.58 Å². The standard InChI is InChI=1S/C26H29N2O.ClH/c1-2-20-18-28(17-19-8-4-3-5-9-19)15-13-21(20)16-25(28)26(29)23-12-14-27-24-11-7-6-10-22(23)24;/h2-12,14,20-21,25-26,29H,1,13,15-18H2;1H/q+1;/p-1/t20?,21?,25-,26-,28?;/m1./s1. The van der Waals surface area contributed by atoms with Crippen LogP contribution < -0.4 is 12.4 Å². The molecule has 5 atom stereocenters. The first-order valence-electron chi connectivity index (χ1n) is 10.7. The molecule has 3 unspecified atom stereocenters. The molecule has 3 saturated heterocycles. The van der Waals surface area contributed by atoms with E-state index in [2.05, 4.69) is 54.0 Å². The summed E-state index contributed by atoms with van der Waals surface area (Å²) >= 11 is 0. The van der Waals surface area contributed by atoms with Crippen molar-refractivity contribution in [3.05, 3.63) is 90.6 Å². The number of hydrogen-bond donors (Lipinski definition) is 1. The number of aromatic nitrogens is 1. The van der Waals surface area contributed by atoms with Crippen LogP contribution in [-0.2, 0) is 6.54 Å². The van der Waals surface area contributed by atoms with Crippen LogP contribution in [0.1, 0.15) is 30.1 Å². The molecular formula is C26H29ClN2O. The average molecular weight is 421 g/mol. The van der Waals surface area contributed by atoms with Crippen molar-refractivity contribution < 1.29 is 22.0 Å². The highest BCUT2D eigenvalue weighted by molar-refractivity contribution is 5.82. The molecule has 3 aromatic rings. The minimum absolute atomic E-state index is 0. The lowest BCUT2D eigenvalue weighted by Crippen LogP contribution is -3.00. The third-order valence-electron chi connectivity index (χ3n) is 7.38. The number of halogens is 1. The molecule has 2 bridgehead atoms. The van der Waals surface area contributed by atoms with Crippen molar-refractivity contribution in [1.29, 1.82) is 0 Å². The Hall–Kier alpha value is -2.20. The number of nitrogens with zero attached hydrogens (tertiary/aromatic N) is 2. The molecule has 0 spiro atoms. The van der Waals surface area contributed by atoms with Gasteiger partial charge in [0.25, 0.3) is 0 Å². The van der Waals surface area contributed by atoms with Gasteiger partial charge in [0.1, 0.15) is 18.7 Å². The van der Waals surface area contributed by atoms with Crippen LogP contribution in [0.25, 0.3) is 10.9 Å². The fourth-order valence-electron chi connectivity index (χ4n) is 5.91. The first-order valence-corrected chi connectivity index (χ1v) is 10.7. The molecule has 3 aliphatic heterocycles. The number of aliphatic hydroxyl groups is 1. The normalized spacial score (nSPS) is 28.6. The average Bonchev–Trinajstić information content (AvgIpc) is 2.78. The van der Waals surface area contributed by atoms with Crippen molar-refractivity contribution in [2.75, 3.05) is 13.1 Å². The van der Waals surface area contributed by atoms with Crippen LogP contribution in [0.2, 0.25) is 0 Å². The lowest BCUT2D eigenvalue weighted by atomic mass is 9.71. The minimum Gasteiger partial charge on any atom is -1.00 e. The molecule has 30 heavy (non-hydrogen) atoms. The van der Waals surface area contributed by atoms with Gasteiger partial charge in [-0.05, 0) is 23.6 Å². The zero-order chi connectivity index (χ0) is 19.8. The number of quaternary nitrogens is 1. The van der Waals surface area contributed by atoms with Crippen molar-refractivity contribution in [3.8, 4) is 0 Å². The Bertz CT molecular complexity index is 1020. The summed E-state index contributed by atoms with van der Waals surface area (Å²) in [4.78, 5) is 4.50. The van der Waals surface area contributed by atoms with Crippen molar-refractivity contribution in [1.82, 2.24) is 4.98 Å². The van der Waals surface area contributed by atoms with Gasteiger partial charge in [0.15, 0.2) is 0 Å². The summed E-state index contributed by atoms with van der Waals surface area (Å²) in [6.45, 7) is 7.32. The third-order valence-corrected chi connectivity index (χ3v) is 7.38. The molecule has 6 rings (SSSR count). The molecule has 3 nitrogen and oxygen atoms in total. The van der Waals surface area contributed by atoms with Crippen molar-refractivity contribution in [3.63, 3.8) is 0 Å². The fourth-order valence-corrected chi connectivity index (χ4v) is 5.91. The van der Waals surface area contributed by atoms with Crippen LogP contribution in [0, 0.1) is 11.8 Å². The molecule has 156 valence electrons. The van der Waals surface area contributed by atoms with E-state index < -0.39 is 6.10 Å². The zero-order valence-electron chi connectivity index (χ0n) is 17.2. The molecule has 0 aliphatic carbocycles. The Balaban J connectivity index is 0.00000218. The first-order chi connectivity index (χ1) is 14.2. The summed E-state index contributed by atoms with van der Waals surface area (Å²) in [5.74, 6) is 1.18. The van der Waals surface area contributed by atoms with E-state index in [0.717, 1.165) is 47.0 Å². The molecule has 1 N–H and O–H groups in total. The van der Waals surface area contributed by atoms with E-state index in [-0.39, 0.29) is 18.4 Å². The predicted molar refractivity (Wildman–Crippen MR) is 117 cm³/mol. The Morgan fingerprint density at radius 1 is 1.10 bits per heavy atom. The fraction of sp³-hybridized carbons (Fsp3) is 0.346. The Morgan fingerprint density at radius 2 is 1.87 bits per heavy atom. The van der Waals surface area contributed by atoms with Crippen LogP contribution in [0.5, 0.6) is 0 Å². The molecular weight excluding hydrogens is 392 g/mol. The van der Waals surface area contributed by atoms with E-state index in [4.69, 9.17) is 0 Å². The van der Waals surface area contributed by atoms with Crippen molar-refractivity contribution in [2.45, 2.75) is 31.5 Å². The summed E-state index contributed by atoms with van der Waals surface area (Å²) in [5, 5.41) is 12.8. The predicted octanol–water partition coefficient (Wildman–Crippen LogP) is 1.88. The second-order valence-electron chi connectivity index (χ2n) is 8.88. The number of hydrogen-bond acceptors (Lipinski definition) is 2. The number of pyridine rings is 1. The highest BCUT2D eigenvalue weighted by atomic mass is 35.5. The molecule has 4 heterocycles. The lowest BCUT2D eigenvalue weighted by Gasteiger charge is -2.58. The Morgan fingerprint density at radius 3 is 2.67 bits per heavy atom. The Kier molecular flexibility index (Phi) is 5.97. The van der Waals surface area contributed by atoms with Crippen LogP contribution in [-0.4, -0.2) is 33.7 Å². The molecule has 3 aliphatic rings. The number of piperidine rings is 3. The van der Waals surface area contributed by atoms with E-state index in [1.807, 2.05) is 30.5 Å². The summed E-state index contributed by atoms with van der Waals surface area (Å²) < 4.78 is 0.953. The second-order valence-corrected chi connectivity index (χ2v) is 8.88. The molecule has 0 amide bonds. The molecule has 0 saturated carbocycles. The monoisotopic (exact) mass is 420 g/mol. The van der Waals surface area contributed by atoms with Gasteiger partial charge in [-0.2, -0.15) is 0 Å². The number of para-hydroxylation sites is 1. The van der Waals surface area contributed by atoms with Gasteiger partial charge in [-0.3, -0.25) is 4.98 Å². The quantitative estimate of drug-likeness (QED) is 0.505. The van der Waals surface area contributed by atoms with Crippen molar-refractivity contribution >= 4 is 10.9 Å². The highest BCUT2D eigenvalue weighted by Crippen LogP contribution is 2.47. The molecule has 4 heteroatoms. The van der Waals surface area contributed by atoms with Crippen LogP contribution in [0.4, 0.5) is 0 Å². The van der Waals surface area contributed by atoms with Crippen LogP contribution in [0.3, 0.4) is 0 Å². The maximum atomic E-state index is 11.7.